The third-order valence-corrected chi connectivity index (χ3v) is 3.94. The van der Waals surface area contributed by atoms with Crippen LogP contribution in [-0.2, 0) is 6.18 Å². The van der Waals surface area contributed by atoms with E-state index in [1.54, 1.807) is 0 Å². The molecule has 0 atom stereocenters. The van der Waals surface area contributed by atoms with Crippen molar-refractivity contribution in [2.75, 3.05) is 17.3 Å². The van der Waals surface area contributed by atoms with Gasteiger partial charge in [0.15, 0.2) is 5.82 Å². The van der Waals surface area contributed by atoms with Crippen molar-refractivity contribution in [2.24, 2.45) is 0 Å². The van der Waals surface area contributed by atoms with Crippen molar-refractivity contribution in [1.82, 2.24) is 9.97 Å². The number of nitrogens with zero attached hydrogens (tertiary/aromatic N) is 4. The number of hydrogen-bond donors (Lipinski definition) is 1. The van der Waals surface area contributed by atoms with Gasteiger partial charge >= 0.3 is 6.18 Å². The van der Waals surface area contributed by atoms with Crippen LogP contribution in [0.4, 0.5) is 46.4 Å². The number of hydrogen-bond acceptors (Lipinski definition) is 6. The van der Waals surface area contributed by atoms with Gasteiger partial charge in [0.1, 0.15) is 11.4 Å². The topological polar surface area (TPSA) is 84.2 Å². The zero-order valence-corrected chi connectivity index (χ0v) is 14.8. The molecule has 0 bridgehead atoms. The Labute approximate surface area is 161 Å². The molecule has 1 heterocycles. The maximum absolute atomic E-state index is 13.4. The van der Waals surface area contributed by atoms with Crippen LogP contribution in [0.3, 0.4) is 0 Å². The van der Waals surface area contributed by atoms with Gasteiger partial charge < -0.3 is 10.2 Å². The first kappa shape index (κ1) is 20.0. The Bertz CT molecular complexity index is 1020. The largest absolute Gasteiger partial charge is 0.421 e. The summed E-state index contributed by atoms with van der Waals surface area (Å²) in [7, 11) is 1.36. The normalized spacial score (nSPS) is 11.2. The molecule has 0 amide bonds. The number of anilines is 4. The Balaban J connectivity index is 1.97. The maximum Gasteiger partial charge on any atom is 0.421 e. The Hall–Kier alpha value is -3.76. The monoisotopic (exact) mass is 407 g/mol. The summed E-state index contributed by atoms with van der Waals surface area (Å²) >= 11 is 0. The molecule has 0 unspecified atom stereocenters. The first-order chi connectivity index (χ1) is 13.6. The minimum Gasteiger partial charge on any atom is -0.329 e. The number of rotatable bonds is 5. The van der Waals surface area contributed by atoms with Crippen LogP contribution in [-0.4, -0.2) is 21.9 Å². The summed E-state index contributed by atoms with van der Waals surface area (Å²) in [6.45, 7) is 0. The molecule has 11 heteroatoms. The highest BCUT2D eigenvalue weighted by Gasteiger charge is 2.36. The summed E-state index contributed by atoms with van der Waals surface area (Å²) in [5.41, 5.74) is -0.568. The number of halogens is 4. The average Bonchev–Trinajstić information content (AvgIpc) is 2.67. The fourth-order valence-electron chi connectivity index (χ4n) is 2.47. The van der Waals surface area contributed by atoms with Crippen molar-refractivity contribution in [2.45, 2.75) is 6.18 Å². The zero-order valence-electron chi connectivity index (χ0n) is 14.8. The molecule has 29 heavy (non-hydrogen) atoms. The predicted octanol–water partition coefficient (Wildman–Crippen LogP) is 5.05. The molecule has 150 valence electrons. The van der Waals surface area contributed by atoms with Gasteiger partial charge in [-0.2, -0.15) is 18.2 Å². The second-order valence-corrected chi connectivity index (χ2v) is 5.89. The molecule has 3 aromatic rings. The highest BCUT2D eigenvalue weighted by atomic mass is 19.4. The predicted molar refractivity (Wildman–Crippen MR) is 97.9 cm³/mol. The maximum atomic E-state index is 13.4. The molecule has 0 spiro atoms. The second-order valence-electron chi connectivity index (χ2n) is 5.89. The molecule has 1 N–H and O–H groups in total. The van der Waals surface area contributed by atoms with Crippen molar-refractivity contribution in [3.05, 3.63) is 76.2 Å². The molecule has 0 saturated carbocycles. The minimum atomic E-state index is -4.71. The van der Waals surface area contributed by atoms with Crippen LogP contribution < -0.4 is 10.2 Å². The molecule has 0 saturated heterocycles. The van der Waals surface area contributed by atoms with Crippen LogP contribution in [0.1, 0.15) is 5.56 Å². The average molecular weight is 407 g/mol. The molecule has 7 nitrogen and oxygen atoms in total. The number of alkyl halides is 3. The van der Waals surface area contributed by atoms with E-state index in [9.17, 15) is 27.7 Å². The number of non-ortho nitro benzene ring substituents is 1. The van der Waals surface area contributed by atoms with Crippen molar-refractivity contribution in [3.8, 4) is 0 Å². The molecule has 0 radical (unpaired) electrons. The fourth-order valence-corrected chi connectivity index (χ4v) is 2.47. The van der Waals surface area contributed by atoms with Crippen LogP contribution in [0, 0.1) is 15.9 Å². The van der Waals surface area contributed by atoms with Gasteiger partial charge in [0.05, 0.1) is 4.92 Å². The van der Waals surface area contributed by atoms with Crippen LogP contribution in [0.15, 0.2) is 54.7 Å². The number of nitro benzene ring substituents is 1. The summed E-state index contributed by atoms with van der Waals surface area (Å²) in [6.07, 6.45) is -4.08. The molecular formula is C18H13F4N5O2. The Morgan fingerprint density at radius 2 is 1.69 bits per heavy atom. The van der Waals surface area contributed by atoms with E-state index in [1.165, 1.54) is 43.4 Å². The molecule has 0 aliphatic heterocycles. The quantitative estimate of drug-likeness (QED) is 0.362. The lowest BCUT2D eigenvalue weighted by atomic mass is 10.2. The molecule has 0 aliphatic rings. The summed E-state index contributed by atoms with van der Waals surface area (Å²) < 4.78 is 53.4. The van der Waals surface area contributed by atoms with E-state index >= 15 is 0 Å². The molecule has 2 aromatic carbocycles. The molecule has 0 fully saturated rings. The summed E-state index contributed by atoms with van der Waals surface area (Å²) in [5, 5.41) is 13.4. The standard InChI is InChI=1S/C18H13F4N5O2/c1-26(13-6-2-11(19)3-7-13)16-15(18(20,21)22)10-23-17(25-16)24-12-4-8-14(9-5-12)27(28)29/h2-10H,1H3,(H,23,24,25). The highest BCUT2D eigenvalue weighted by molar-refractivity contribution is 5.65. The Morgan fingerprint density at radius 1 is 1.07 bits per heavy atom. The van der Waals surface area contributed by atoms with Crippen LogP contribution in [0.25, 0.3) is 0 Å². The third-order valence-electron chi connectivity index (χ3n) is 3.94. The van der Waals surface area contributed by atoms with Gasteiger partial charge in [-0.15, -0.1) is 0 Å². The van der Waals surface area contributed by atoms with E-state index in [2.05, 4.69) is 15.3 Å². The van der Waals surface area contributed by atoms with Gasteiger partial charge in [-0.1, -0.05) is 0 Å². The summed E-state index contributed by atoms with van der Waals surface area (Å²) in [4.78, 5) is 18.9. The van der Waals surface area contributed by atoms with Gasteiger partial charge in [0.2, 0.25) is 5.95 Å². The van der Waals surface area contributed by atoms with E-state index in [4.69, 9.17) is 0 Å². The van der Waals surface area contributed by atoms with Gasteiger partial charge in [-0.25, -0.2) is 9.37 Å². The first-order valence-electron chi connectivity index (χ1n) is 8.10. The molecule has 1 aromatic heterocycles. The molecular weight excluding hydrogens is 394 g/mol. The number of nitro groups is 1. The molecule has 0 aliphatic carbocycles. The number of aromatic nitrogens is 2. The van der Waals surface area contributed by atoms with E-state index < -0.39 is 28.3 Å². The van der Waals surface area contributed by atoms with E-state index in [1.807, 2.05) is 0 Å². The lowest BCUT2D eigenvalue weighted by molar-refractivity contribution is -0.384. The van der Waals surface area contributed by atoms with Crippen LogP contribution in [0.5, 0.6) is 0 Å². The lowest BCUT2D eigenvalue weighted by Gasteiger charge is -2.22. The number of nitrogens with one attached hydrogen (secondary N) is 1. The smallest absolute Gasteiger partial charge is 0.329 e. The van der Waals surface area contributed by atoms with Crippen molar-refractivity contribution >= 4 is 28.8 Å². The van der Waals surface area contributed by atoms with E-state index in [0.717, 1.165) is 17.0 Å². The van der Waals surface area contributed by atoms with Crippen LogP contribution >= 0.6 is 0 Å². The fraction of sp³-hybridized carbons (Fsp3) is 0.111. The second kappa shape index (κ2) is 7.70. The third kappa shape index (κ3) is 4.57. The summed E-state index contributed by atoms with van der Waals surface area (Å²) in [5.74, 6) is -1.11. The van der Waals surface area contributed by atoms with E-state index in [-0.39, 0.29) is 17.3 Å². The Morgan fingerprint density at radius 3 is 2.24 bits per heavy atom. The highest BCUT2D eigenvalue weighted by Crippen LogP contribution is 2.37. The van der Waals surface area contributed by atoms with Gasteiger partial charge in [-0.3, -0.25) is 10.1 Å². The SMILES string of the molecule is CN(c1ccc(F)cc1)c1nc(Nc2ccc([N+](=O)[O-])cc2)ncc1C(F)(F)F. The van der Waals surface area contributed by atoms with Crippen molar-refractivity contribution in [3.63, 3.8) is 0 Å². The zero-order chi connectivity index (χ0) is 21.2. The lowest BCUT2D eigenvalue weighted by Crippen LogP contribution is -2.19. The summed E-state index contributed by atoms with van der Waals surface area (Å²) in [6, 6.07) is 10.1. The molecule has 3 rings (SSSR count). The first-order valence-corrected chi connectivity index (χ1v) is 8.10. The van der Waals surface area contributed by atoms with Gasteiger partial charge in [0, 0.05) is 36.8 Å². The van der Waals surface area contributed by atoms with Gasteiger partial charge in [0.25, 0.3) is 5.69 Å². The van der Waals surface area contributed by atoms with Gasteiger partial charge in [-0.05, 0) is 36.4 Å². The van der Waals surface area contributed by atoms with Crippen LogP contribution in [0.2, 0.25) is 0 Å². The van der Waals surface area contributed by atoms with E-state index in [0.29, 0.717) is 11.9 Å². The number of benzene rings is 2. The van der Waals surface area contributed by atoms with Crippen molar-refractivity contribution < 1.29 is 22.5 Å². The minimum absolute atomic E-state index is 0.138. The Kier molecular flexibility index (Phi) is 5.31. The van der Waals surface area contributed by atoms with Crippen molar-refractivity contribution in [1.29, 1.82) is 0 Å².